The number of aliphatic hydroxyl groups excluding tert-OH is 1. The van der Waals surface area contributed by atoms with Gasteiger partial charge in [0.15, 0.2) is 0 Å². The first-order chi connectivity index (χ1) is 8.58. The Morgan fingerprint density at radius 2 is 1.83 bits per heavy atom. The molecule has 1 unspecified atom stereocenters. The lowest BCUT2D eigenvalue weighted by atomic mass is 10.0. The molecule has 0 bridgehead atoms. The van der Waals surface area contributed by atoms with Crippen molar-refractivity contribution >= 4 is 23.2 Å². The Balaban J connectivity index is 2.22. The zero-order chi connectivity index (χ0) is 13.1. The summed E-state index contributed by atoms with van der Waals surface area (Å²) in [5.41, 5.74) is 1.26. The molecule has 0 heterocycles. The van der Waals surface area contributed by atoms with Gasteiger partial charge in [0.1, 0.15) is 5.82 Å². The molecule has 0 amide bonds. The molecule has 18 heavy (non-hydrogen) atoms. The molecule has 0 fully saturated rings. The quantitative estimate of drug-likeness (QED) is 0.885. The summed E-state index contributed by atoms with van der Waals surface area (Å²) < 4.78 is 13.0. The fourth-order valence-corrected chi connectivity index (χ4v) is 2.21. The van der Waals surface area contributed by atoms with E-state index >= 15 is 0 Å². The summed E-state index contributed by atoms with van der Waals surface area (Å²) in [6, 6.07) is 11.2. The van der Waals surface area contributed by atoms with Gasteiger partial charge in [0.25, 0.3) is 0 Å². The zero-order valence-corrected chi connectivity index (χ0v) is 10.9. The molecule has 1 nitrogen and oxygen atoms in total. The Kier molecular flexibility index (Phi) is 4.23. The Bertz CT molecular complexity index is 557. The molecule has 2 rings (SSSR count). The van der Waals surface area contributed by atoms with Crippen molar-refractivity contribution in [3.63, 3.8) is 0 Å². The average molecular weight is 285 g/mol. The second-order valence-corrected chi connectivity index (χ2v) is 4.78. The maximum atomic E-state index is 13.0. The first-order valence-electron chi connectivity index (χ1n) is 5.44. The van der Waals surface area contributed by atoms with E-state index in [0.29, 0.717) is 21.2 Å². The molecule has 0 aromatic heterocycles. The van der Waals surface area contributed by atoms with Crippen molar-refractivity contribution in [3.05, 3.63) is 69.5 Å². The van der Waals surface area contributed by atoms with Crippen molar-refractivity contribution < 1.29 is 9.50 Å². The fraction of sp³-hybridized carbons (Fsp3) is 0.143. The van der Waals surface area contributed by atoms with Crippen LogP contribution in [-0.4, -0.2) is 5.11 Å². The molecule has 0 aliphatic carbocycles. The topological polar surface area (TPSA) is 20.2 Å². The van der Waals surface area contributed by atoms with Gasteiger partial charge in [-0.25, -0.2) is 4.39 Å². The predicted octanol–water partition coefficient (Wildman–Crippen LogP) is 4.41. The van der Waals surface area contributed by atoms with Crippen LogP contribution in [0.25, 0.3) is 0 Å². The second kappa shape index (κ2) is 5.70. The Morgan fingerprint density at radius 1 is 1.11 bits per heavy atom. The van der Waals surface area contributed by atoms with Crippen molar-refractivity contribution in [2.75, 3.05) is 0 Å². The number of halogens is 3. The largest absolute Gasteiger partial charge is 0.388 e. The van der Waals surface area contributed by atoms with Crippen LogP contribution < -0.4 is 0 Å². The van der Waals surface area contributed by atoms with Crippen LogP contribution >= 0.6 is 23.2 Å². The first-order valence-corrected chi connectivity index (χ1v) is 6.20. The summed E-state index contributed by atoms with van der Waals surface area (Å²) in [6.45, 7) is 0. The summed E-state index contributed by atoms with van der Waals surface area (Å²) in [5.74, 6) is -0.322. The van der Waals surface area contributed by atoms with Crippen LogP contribution in [0, 0.1) is 5.82 Å². The van der Waals surface area contributed by atoms with E-state index in [9.17, 15) is 9.50 Å². The molecule has 0 saturated heterocycles. The minimum absolute atomic E-state index is 0.290. The molecule has 0 aliphatic rings. The highest BCUT2D eigenvalue weighted by atomic mass is 35.5. The molecular formula is C14H11Cl2FO. The normalized spacial score (nSPS) is 12.4. The SMILES string of the molecule is OC(Cc1cccc(F)c1)c1cccc(Cl)c1Cl. The number of aliphatic hydroxyl groups is 1. The molecule has 94 valence electrons. The second-order valence-electron chi connectivity index (χ2n) is 3.99. The lowest BCUT2D eigenvalue weighted by Gasteiger charge is -2.13. The van der Waals surface area contributed by atoms with Gasteiger partial charge in [-0.05, 0) is 23.8 Å². The molecule has 2 aromatic rings. The zero-order valence-electron chi connectivity index (χ0n) is 9.41. The van der Waals surface area contributed by atoms with Gasteiger partial charge in [-0.2, -0.15) is 0 Å². The summed E-state index contributed by atoms with van der Waals surface area (Å²) >= 11 is 11.9. The molecule has 2 aromatic carbocycles. The predicted molar refractivity (Wildman–Crippen MR) is 71.5 cm³/mol. The Hall–Kier alpha value is -1.09. The smallest absolute Gasteiger partial charge is 0.123 e. The molecule has 0 saturated carbocycles. The van der Waals surface area contributed by atoms with E-state index < -0.39 is 6.10 Å². The van der Waals surface area contributed by atoms with E-state index in [1.807, 2.05) is 0 Å². The summed E-state index contributed by atoms with van der Waals surface area (Å²) in [6.07, 6.45) is -0.518. The van der Waals surface area contributed by atoms with E-state index in [1.54, 1.807) is 30.3 Å². The van der Waals surface area contributed by atoms with Gasteiger partial charge >= 0.3 is 0 Å². The van der Waals surface area contributed by atoms with Crippen LogP contribution in [-0.2, 0) is 6.42 Å². The third-order valence-electron chi connectivity index (χ3n) is 2.66. The van der Waals surface area contributed by atoms with Gasteiger partial charge in [-0.1, -0.05) is 47.5 Å². The molecule has 0 aliphatic heterocycles. The summed E-state index contributed by atoms with van der Waals surface area (Å²) in [4.78, 5) is 0. The molecule has 0 radical (unpaired) electrons. The van der Waals surface area contributed by atoms with Crippen molar-refractivity contribution in [2.24, 2.45) is 0 Å². The summed E-state index contributed by atoms with van der Waals surface area (Å²) in [5, 5.41) is 10.8. The van der Waals surface area contributed by atoms with Crippen LogP contribution in [0.2, 0.25) is 10.0 Å². The van der Waals surface area contributed by atoms with Gasteiger partial charge in [-0.15, -0.1) is 0 Å². The first kappa shape index (κ1) is 13.3. The summed E-state index contributed by atoms with van der Waals surface area (Å²) in [7, 11) is 0. The van der Waals surface area contributed by atoms with Gasteiger partial charge in [0.05, 0.1) is 16.1 Å². The van der Waals surface area contributed by atoms with Crippen molar-refractivity contribution in [1.82, 2.24) is 0 Å². The van der Waals surface area contributed by atoms with Crippen molar-refractivity contribution in [2.45, 2.75) is 12.5 Å². The van der Waals surface area contributed by atoms with Crippen LogP contribution in [0.1, 0.15) is 17.2 Å². The average Bonchev–Trinajstić information content (AvgIpc) is 2.32. The minimum atomic E-state index is -0.807. The standard InChI is InChI=1S/C14H11Cl2FO/c15-12-6-2-5-11(14(12)16)13(18)8-9-3-1-4-10(17)7-9/h1-7,13,18H,8H2. The molecule has 1 atom stereocenters. The minimum Gasteiger partial charge on any atom is -0.388 e. The monoisotopic (exact) mass is 284 g/mol. The van der Waals surface area contributed by atoms with Crippen LogP contribution in [0.5, 0.6) is 0 Å². The third kappa shape index (κ3) is 3.02. The van der Waals surface area contributed by atoms with Gasteiger partial charge in [0.2, 0.25) is 0 Å². The Labute approximate surface area is 115 Å². The van der Waals surface area contributed by atoms with Gasteiger partial charge < -0.3 is 5.11 Å². The maximum absolute atomic E-state index is 13.0. The van der Waals surface area contributed by atoms with Crippen LogP contribution in [0.3, 0.4) is 0 Å². The van der Waals surface area contributed by atoms with Crippen LogP contribution in [0.4, 0.5) is 4.39 Å². The highest BCUT2D eigenvalue weighted by molar-refractivity contribution is 6.42. The number of rotatable bonds is 3. The highest BCUT2D eigenvalue weighted by Gasteiger charge is 2.14. The highest BCUT2D eigenvalue weighted by Crippen LogP contribution is 2.31. The van der Waals surface area contributed by atoms with Crippen molar-refractivity contribution in [3.8, 4) is 0 Å². The number of hydrogen-bond acceptors (Lipinski definition) is 1. The van der Waals surface area contributed by atoms with Crippen LogP contribution in [0.15, 0.2) is 42.5 Å². The van der Waals surface area contributed by atoms with E-state index in [0.717, 1.165) is 0 Å². The van der Waals surface area contributed by atoms with E-state index in [1.165, 1.54) is 12.1 Å². The number of hydrogen-bond donors (Lipinski definition) is 1. The van der Waals surface area contributed by atoms with Gasteiger partial charge in [0, 0.05) is 12.0 Å². The van der Waals surface area contributed by atoms with Crippen molar-refractivity contribution in [1.29, 1.82) is 0 Å². The fourth-order valence-electron chi connectivity index (χ4n) is 1.77. The third-order valence-corrected chi connectivity index (χ3v) is 3.49. The molecule has 1 N–H and O–H groups in total. The number of benzene rings is 2. The van der Waals surface area contributed by atoms with E-state index in [2.05, 4.69) is 0 Å². The van der Waals surface area contributed by atoms with Gasteiger partial charge in [-0.3, -0.25) is 0 Å². The molecule has 4 heteroatoms. The lowest BCUT2D eigenvalue weighted by molar-refractivity contribution is 0.178. The van der Waals surface area contributed by atoms with E-state index in [-0.39, 0.29) is 12.2 Å². The Morgan fingerprint density at radius 3 is 2.56 bits per heavy atom. The molecule has 0 spiro atoms. The lowest BCUT2D eigenvalue weighted by Crippen LogP contribution is -2.03. The van der Waals surface area contributed by atoms with E-state index in [4.69, 9.17) is 23.2 Å². The maximum Gasteiger partial charge on any atom is 0.123 e. The molecular weight excluding hydrogens is 274 g/mol.